The molecule has 0 unspecified atom stereocenters. The Morgan fingerprint density at radius 1 is 1.25 bits per heavy atom. The smallest absolute Gasteiger partial charge is 0.145 e. The van der Waals surface area contributed by atoms with Gasteiger partial charge < -0.3 is 10.1 Å². The molecule has 20 heavy (non-hydrogen) atoms. The molecule has 1 heterocycles. The summed E-state index contributed by atoms with van der Waals surface area (Å²) in [5, 5.41) is 4.67. The monoisotopic (exact) mass is 270 g/mol. The molecule has 0 amide bonds. The lowest BCUT2D eigenvalue weighted by Crippen LogP contribution is -2.37. The third kappa shape index (κ3) is 2.63. The zero-order chi connectivity index (χ0) is 14.0. The Labute approximate surface area is 120 Å². The first-order chi connectivity index (χ1) is 9.70. The van der Waals surface area contributed by atoms with Crippen molar-refractivity contribution in [3.63, 3.8) is 0 Å². The molecule has 3 heteroatoms. The fourth-order valence-electron chi connectivity index (χ4n) is 2.87. The van der Waals surface area contributed by atoms with Crippen molar-refractivity contribution in [2.45, 2.75) is 32.7 Å². The van der Waals surface area contributed by atoms with Crippen molar-refractivity contribution in [3.05, 3.63) is 36.0 Å². The number of ether oxygens (including phenoxy) is 1. The summed E-state index contributed by atoms with van der Waals surface area (Å²) in [5.74, 6) is 0.843. The maximum atomic E-state index is 5.38. The van der Waals surface area contributed by atoms with Crippen LogP contribution in [0.2, 0.25) is 0 Å². The van der Waals surface area contributed by atoms with E-state index in [2.05, 4.69) is 30.4 Å². The Bertz CT molecular complexity index is 605. The topological polar surface area (TPSA) is 34.1 Å². The lowest BCUT2D eigenvalue weighted by Gasteiger charge is -2.38. The number of hydrogen-bond acceptors (Lipinski definition) is 3. The van der Waals surface area contributed by atoms with Gasteiger partial charge in [0.05, 0.1) is 12.8 Å². The van der Waals surface area contributed by atoms with E-state index in [1.165, 1.54) is 19.3 Å². The van der Waals surface area contributed by atoms with Crippen LogP contribution in [0.15, 0.2) is 30.3 Å². The van der Waals surface area contributed by atoms with E-state index in [-0.39, 0.29) is 0 Å². The molecule has 0 bridgehead atoms. The van der Waals surface area contributed by atoms with Crippen LogP contribution in [-0.4, -0.2) is 18.6 Å². The van der Waals surface area contributed by atoms with Crippen LogP contribution in [0.5, 0.6) is 5.75 Å². The van der Waals surface area contributed by atoms with Crippen molar-refractivity contribution in [1.82, 2.24) is 10.3 Å². The second kappa shape index (κ2) is 5.41. The van der Waals surface area contributed by atoms with E-state index in [4.69, 9.17) is 9.72 Å². The molecule has 0 spiro atoms. The van der Waals surface area contributed by atoms with Gasteiger partial charge in [-0.1, -0.05) is 31.5 Å². The third-order valence-electron chi connectivity index (χ3n) is 4.38. The molecule has 2 aromatic rings. The number of rotatable bonds is 5. The van der Waals surface area contributed by atoms with Gasteiger partial charge in [-0.25, -0.2) is 4.98 Å². The lowest BCUT2D eigenvalue weighted by atomic mass is 9.70. The van der Waals surface area contributed by atoms with Crippen LogP contribution in [-0.2, 0) is 6.54 Å². The number of para-hydroxylation sites is 1. The number of nitrogens with one attached hydrogen (secondary N) is 1. The zero-order valence-corrected chi connectivity index (χ0v) is 12.3. The van der Waals surface area contributed by atoms with Crippen LogP contribution in [0.4, 0.5) is 0 Å². The minimum absolute atomic E-state index is 0.508. The van der Waals surface area contributed by atoms with Crippen molar-refractivity contribution in [2.75, 3.05) is 13.7 Å². The normalized spacial score (nSPS) is 16.9. The molecule has 1 aromatic heterocycles. The van der Waals surface area contributed by atoms with E-state index < -0.39 is 0 Å². The second-order valence-electron chi connectivity index (χ2n) is 6.10. The van der Waals surface area contributed by atoms with Crippen molar-refractivity contribution >= 4 is 10.9 Å². The highest BCUT2D eigenvalue weighted by atomic mass is 16.5. The minimum atomic E-state index is 0.508. The standard InChI is InChI=1S/C17H22N2O/c1-17(9-4-10-17)12-18-11-14-8-7-13-5-3-6-15(20-2)16(13)19-14/h3,5-8,18H,4,9-12H2,1-2H3. The van der Waals surface area contributed by atoms with Crippen molar-refractivity contribution in [1.29, 1.82) is 0 Å². The summed E-state index contributed by atoms with van der Waals surface area (Å²) in [4.78, 5) is 4.72. The third-order valence-corrected chi connectivity index (χ3v) is 4.38. The lowest BCUT2D eigenvalue weighted by molar-refractivity contribution is 0.156. The van der Waals surface area contributed by atoms with Crippen molar-refractivity contribution in [3.8, 4) is 5.75 Å². The number of pyridine rings is 1. The number of nitrogens with zero attached hydrogens (tertiary/aromatic N) is 1. The molecular weight excluding hydrogens is 248 g/mol. The van der Waals surface area contributed by atoms with Gasteiger partial charge in [0, 0.05) is 18.5 Å². The summed E-state index contributed by atoms with van der Waals surface area (Å²) >= 11 is 0. The predicted octanol–water partition coefficient (Wildman–Crippen LogP) is 3.52. The molecule has 3 rings (SSSR count). The quantitative estimate of drug-likeness (QED) is 0.902. The Kier molecular flexibility index (Phi) is 3.62. The second-order valence-corrected chi connectivity index (χ2v) is 6.10. The Balaban J connectivity index is 1.71. The van der Waals surface area contributed by atoms with E-state index in [9.17, 15) is 0 Å². The first-order valence-electron chi connectivity index (χ1n) is 7.34. The Morgan fingerprint density at radius 2 is 2.10 bits per heavy atom. The van der Waals surface area contributed by atoms with Gasteiger partial charge >= 0.3 is 0 Å². The molecule has 1 fully saturated rings. The van der Waals surface area contributed by atoms with E-state index in [1.54, 1.807) is 7.11 Å². The van der Waals surface area contributed by atoms with E-state index in [1.807, 2.05) is 12.1 Å². The number of hydrogen-bond donors (Lipinski definition) is 1. The summed E-state index contributed by atoms with van der Waals surface area (Å²) < 4.78 is 5.38. The predicted molar refractivity (Wildman–Crippen MR) is 82.0 cm³/mol. The fraction of sp³-hybridized carbons (Fsp3) is 0.471. The van der Waals surface area contributed by atoms with Crippen LogP contribution in [0.3, 0.4) is 0 Å². The highest BCUT2D eigenvalue weighted by Gasteiger charge is 2.30. The molecule has 1 aliphatic rings. The van der Waals surface area contributed by atoms with Gasteiger partial charge in [-0.3, -0.25) is 0 Å². The van der Waals surface area contributed by atoms with E-state index in [0.29, 0.717) is 5.41 Å². The molecular formula is C17H22N2O. The van der Waals surface area contributed by atoms with Crippen molar-refractivity contribution in [2.24, 2.45) is 5.41 Å². The van der Waals surface area contributed by atoms with E-state index >= 15 is 0 Å². The minimum Gasteiger partial charge on any atom is -0.494 e. The Morgan fingerprint density at radius 3 is 2.80 bits per heavy atom. The molecule has 0 saturated heterocycles. The summed E-state index contributed by atoms with van der Waals surface area (Å²) in [6.07, 6.45) is 4.07. The molecule has 0 radical (unpaired) electrons. The van der Waals surface area contributed by atoms with Gasteiger partial charge in [0.1, 0.15) is 11.3 Å². The average Bonchev–Trinajstić information content (AvgIpc) is 2.44. The Hall–Kier alpha value is -1.61. The molecule has 106 valence electrons. The van der Waals surface area contributed by atoms with Crippen molar-refractivity contribution < 1.29 is 4.74 Å². The SMILES string of the molecule is COc1cccc2ccc(CNCC3(C)CCC3)nc12. The molecule has 0 atom stereocenters. The maximum absolute atomic E-state index is 5.38. The number of benzene rings is 1. The molecule has 1 N–H and O–H groups in total. The summed E-state index contributed by atoms with van der Waals surface area (Å²) in [5.41, 5.74) is 2.53. The van der Waals surface area contributed by atoms with Crippen LogP contribution < -0.4 is 10.1 Å². The highest BCUT2D eigenvalue weighted by molar-refractivity contribution is 5.84. The van der Waals surface area contributed by atoms with Gasteiger partial charge in [0.2, 0.25) is 0 Å². The van der Waals surface area contributed by atoms with Gasteiger partial charge in [0.15, 0.2) is 0 Å². The molecule has 0 aliphatic heterocycles. The van der Waals surface area contributed by atoms with Crippen LogP contribution in [0.1, 0.15) is 31.9 Å². The maximum Gasteiger partial charge on any atom is 0.145 e. The van der Waals surface area contributed by atoms with E-state index in [0.717, 1.165) is 35.4 Å². The zero-order valence-electron chi connectivity index (χ0n) is 12.3. The summed E-state index contributed by atoms with van der Waals surface area (Å²) in [6, 6.07) is 10.2. The first-order valence-corrected chi connectivity index (χ1v) is 7.34. The van der Waals surface area contributed by atoms with Gasteiger partial charge in [-0.05, 0) is 30.4 Å². The number of fused-ring (bicyclic) bond motifs is 1. The number of methoxy groups -OCH3 is 1. The molecule has 3 nitrogen and oxygen atoms in total. The average molecular weight is 270 g/mol. The summed E-state index contributed by atoms with van der Waals surface area (Å²) in [6.45, 7) is 4.27. The number of aromatic nitrogens is 1. The largest absolute Gasteiger partial charge is 0.494 e. The van der Waals surface area contributed by atoms with Gasteiger partial charge in [-0.15, -0.1) is 0 Å². The van der Waals surface area contributed by atoms with Crippen LogP contribution >= 0.6 is 0 Å². The first kappa shape index (κ1) is 13.4. The molecule has 1 saturated carbocycles. The van der Waals surface area contributed by atoms with Crippen LogP contribution in [0.25, 0.3) is 10.9 Å². The summed E-state index contributed by atoms with van der Waals surface area (Å²) in [7, 11) is 1.69. The molecule has 1 aromatic carbocycles. The van der Waals surface area contributed by atoms with Gasteiger partial charge in [0.25, 0.3) is 0 Å². The molecule has 1 aliphatic carbocycles. The fourth-order valence-corrected chi connectivity index (χ4v) is 2.87. The highest BCUT2D eigenvalue weighted by Crippen LogP contribution is 2.39. The van der Waals surface area contributed by atoms with Crippen LogP contribution in [0, 0.1) is 5.41 Å². The van der Waals surface area contributed by atoms with Gasteiger partial charge in [-0.2, -0.15) is 0 Å².